The third kappa shape index (κ3) is 3.37. The fourth-order valence-electron chi connectivity index (χ4n) is 3.07. The van der Waals surface area contributed by atoms with Crippen molar-refractivity contribution in [3.05, 3.63) is 74.6 Å². The predicted molar refractivity (Wildman–Crippen MR) is 99.1 cm³/mol. The van der Waals surface area contributed by atoms with Gasteiger partial charge in [-0.15, -0.1) is 0 Å². The van der Waals surface area contributed by atoms with Gasteiger partial charge in [0.1, 0.15) is 24.5 Å². The van der Waals surface area contributed by atoms with Gasteiger partial charge in [-0.05, 0) is 36.2 Å². The zero-order valence-electron chi connectivity index (χ0n) is 13.7. The van der Waals surface area contributed by atoms with Gasteiger partial charge in [-0.1, -0.05) is 34.1 Å². The van der Waals surface area contributed by atoms with Gasteiger partial charge in [0.15, 0.2) is 0 Å². The number of carbonyl (C=O) groups is 1. The normalized spacial score (nSPS) is 16.0. The van der Waals surface area contributed by atoms with E-state index >= 15 is 0 Å². The van der Waals surface area contributed by atoms with E-state index in [1.54, 1.807) is 6.07 Å². The van der Waals surface area contributed by atoms with Crippen molar-refractivity contribution in [2.75, 3.05) is 6.61 Å². The maximum Gasteiger partial charge on any atom is 0.336 e. The number of benzene rings is 2. The lowest BCUT2D eigenvalue weighted by molar-refractivity contribution is -0.151. The summed E-state index contributed by atoms with van der Waals surface area (Å²) in [6.45, 7) is 0.307. The molecule has 3 aromatic rings. The molecule has 0 N–H and O–H groups in total. The van der Waals surface area contributed by atoms with Crippen LogP contribution in [-0.2, 0) is 22.6 Å². The summed E-state index contributed by atoms with van der Waals surface area (Å²) in [5, 5.41) is 0.742. The Bertz CT molecular complexity index is 1040. The van der Waals surface area contributed by atoms with Crippen molar-refractivity contribution in [3.8, 4) is 5.75 Å². The van der Waals surface area contributed by atoms with Crippen LogP contribution in [-0.4, -0.2) is 12.6 Å². The summed E-state index contributed by atoms with van der Waals surface area (Å²) in [5.41, 5.74) is 1.59. The molecule has 1 aliphatic heterocycles. The number of hydrogen-bond donors (Lipinski definition) is 0. The molecular weight excluding hydrogens is 400 g/mol. The summed E-state index contributed by atoms with van der Waals surface area (Å²) in [4.78, 5) is 24.2. The summed E-state index contributed by atoms with van der Waals surface area (Å²) >= 11 is 3.35. The standard InChI is InChI=1S/C20H15BrO5/c21-15-5-6-16-13(8-19(22)26-18(16)9-15)10-25-20(23)14-7-12-3-1-2-4-17(12)24-11-14/h1-6,8-9,14H,7,10-11H2. The predicted octanol–water partition coefficient (Wildman–Crippen LogP) is 3.85. The Morgan fingerprint density at radius 3 is 2.92 bits per heavy atom. The Morgan fingerprint density at radius 2 is 2.04 bits per heavy atom. The number of fused-ring (bicyclic) bond motifs is 2. The van der Waals surface area contributed by atoms with E-state index in [1.165, 1.54) is 6.07 Å². The molecule has 1 aromatic heterocycles. The van der Waals surface area contributed by atoms with Crippen LogP contribution in [0.15, 0.2) is 62.2 Å². The first-order chi connectivity index (χ1) is 12.6. The molecule has 132 valence electrons. The van der Waals surface area contributed by atoms with Crippen LogP contribution in [0.1, 0.15) is 11.1 Å². The molecule has 0 radical (unpaired) electrons. The second-order valence-electron chi connectivity index (χ2n) is 6.16. The third-order valence-electron chi connectivity index (χ3n) is 4.37. The Morgan fingerprint density at radius 1 is 1.19 bits per heavy atom. The van der Waals surface area contributed by atoms with Crippen LogP contribution in [0.25, 0.3) is 11.0 Å². The highest BCUT2D eigenvalue weighted by Crippen LogP contribution is 2.28. The van der Waals surface area contributed by atoms with E-state index in [2.05, 4.69) is 15.9 Å². The summed E-state index contributed by atoms with van der Waals surface area (Å²) < 4.78 is 17.1. The summed E-state index contributed by atoms with van der Waals surface area (Å²) in [6.07, 6.45) is 0.583. The van der Waals surface area contributed by atoms with Gasteiger partial charge in [0.05, 0.1) is 5.92 Å². The van der Waals surface area contributed by atoms with Crippen molar-refractivity contribution in [1.29, 1.82) is 0 Å². The van der Waals surface area contributed by atoms with Gasteiger partial charge >= 0.3 is 11.6 Å². The largest absolute Gasteiger partial charge is 0.492 e. The summed E-state index contributed by atoms with van der Waals surface area (Å²) in [6, 6.07) is 14.4. The van der Waals surface area contributed by atoms with E-state index in [0.717, 1.165) is 21.2 Å². The smallest absolute Gasteiger partial charge is 0.336 e. The lowest BCUT2D eigenvalue weighted by Crippen LogP contribution is -2.29. The van der Waals surface area contributed by atoms with Crippen LogP contribution in [0, 0.1) is 5.92 Å². The van der Waals surface area contributed by atoms with Gasteiger partial charge in [0.2, 0.25) is 0 Å². The van der Waals surface area contributed by atoms with Gasteiger partial charge in [-0.3, -0.25) is 4.79 Å². The molecule has 1 atom stereocenters. The second-order valence-corrected chi connectivity index (χ2v) is 7.07. The molecule has 0 spiro atoms. The molecule has 0 aliphatic carbocycles. The van der Waals surface area contributed by atoms with Crippen LogP contribution >= 0.6 is 15.9 Å². The molecule has 0 saturated heterocycles. The van der Waals surface area contributed by atoms with E-state index in [0.29, 0.717) is 24.2 Å². The minimum atomic E-state index is -0.475. The van der Waals surface area contributed by atoms with Crippen molar-refractivity contribution >= 4 is 32.9 Å². The first-order valence-corrected chi connectivity index (χ1v) is 8.99. The fraction of sp³-hybridized carbons (Fsp3) is 0.200. The molecule has 26 heavy (non-hydrogen) atoms. The Balaban J connectivity index is 1.50. The van der Waals surface area contributed by atoms with Crippen LogP contribution in [0.3, 0.4) is 0 Å². The molecule has 0 amide bonds. The minimum Gasteiger partial charge on any atom is -0.492 e. The number of halogens is 1. The fourth-order valence-corrected chi connectivity index (χ4v) is 3.41. The average Bonchev–Trinajstić information content (AvgIpc) is 2.65. The van der Waals surface area contributed by atoms with E-state index in [1.807, 2.05) is 36.4 Å². The second kappa shape index (κ2) is 6.96. The maximum absolute atomic E-state index is 12.4. The number of carbonyl (C=O) groups excluding carboxylic acids is 1. The van der Waals surface area contributed by atoms with Crippen LogP contribution in [0.2, 0.25) is 0 Å². The Labute approximate surface area is 157 Å². The lowest BCUT2D eigenvalue weighted by Gasteiger charge is -2.23. The number of ether oxygens (including phenoxy) is 2. The van der Waals surface area contributed by atoms with Gasteiger partial charge in [0.25, 0.3) is 0 Å². The zero-order valence-corrected chi connectivity index (χ0v) is 15.3. The van der Waals surface area contributed by atoms with Gasteiger partial charge in [-0.25, -0.2) is 4.79 Å². The van der Waals surface area contributed by atoms with Crippen molar-refractivity contribution in [1.82, 2.24) is 0 Å². The summed E-state index contributed by atoms with van der Waals surface area (Å²) in [7, 11) is 0. The van der Waals surface area contributed by atoms with E-state index in [-0.39, 0.29) is 18.5 Å². The topological polar surface area (TPSA) is 65.7 Å². The van der Waals surface area contributed by atoms with Crippen LogP contribution < -0.4 is 10.4 Å². The SMILES string of the molecule is O=C(OCc1cc(=O)oc2cc(Br)ccc12)C1COc2ccccc2C1. The molecule has 1 aliphatic rings. The molecule has 0 fully saturated rings. The lowest BCUT2D eigenvalue weighted by atomic mass is 9.97. The number of hydrogen-bond acceptors (Lipinski definition) is 5. The van der Waals surface area contributed by atoms with Crippen LogP contribution in [0.4, 0.5) is 0 Å². The highest BCUT2D eigenvalue weighted by Gasteiger charge is 2.27. The van der Waals surface area contributed by atoms with E-state index < -0.39 is 5.63 Å². The monoisotopic (exact) mass is 414 g/mol. The first-order valence-electron chi connectivity index (χ1n) is 8.20. The molecule has 2 aromatic carbocycles. The average molecular weight is 415 g/mol. The van der Waals surface area contributed by atoms with Crippen molar-refractivity contribution in [3.63, 3.8) is 0 Å². The molecule has 4 rings (SSSR count). The highest BCUT2D eigenvalue weighted by atomic mass is 79.9. The van der Waals surface area contributed by atoms with Crippen molar-refractivity contribution in [2.45, 2.75) is 13.0 Å². The van der Waals surface area contributed by atoms with Crippen molar-refractivity contribution < 1.29 is 18.7 Å². The number of esters is 1. The number of rotatable bonds is 3. The third-order valence-corrected chi connectivity index (χ3v) is 4.87. The molecule has 1 unspecified atom stereocenters. The Kier molecular flexibility index (Phi) is 4.51. The molecule has 5 nitrogen and oxygen atoms in total. The molecular formula is C20H15BrO5. The van der Waals surface area contributed by atoms with Gasteiger partial charge in [-0.2, -0.15) is 0 Å². The van der Waals surface area contributed by atoms with Gasteiger partial charge < -0.3 is 13.9 Å². The number of para-hydroxylation sites is 1. The molecule has 0 saturated carbocycles. The molecule has 0 bridgehead atoms. The minimum absolute atomic E-state index is 0.0146. The van der Waals surface area contributed by atoms with E-state index in [4.69, 9.17) is 13.9 Å². The molecule has 2 heterocycles. The summed E-state index contributed by atoms with van der Waals surface area (Å²) in [5.74, 6) is 0.122. The highest BCUT2D eigenvalue weighted by molar-refractivity contribution is 9.10. The quantitative estimate of drug-likeness (QED) is 0.480. The maximum atomic E-state index is 12.4. The van der Waals surface area contributed by atoms with Crippen molar-refractivity contribution in [2.24, 2.45) is 5.92 Å². The Hall–Kier alpha value is -2.60. The zero-order chi connectivity index (χ0) is 18.1. The molecule has 6 heteroatoms. The van der Waals surface area contributed by atoms with E-state index in [9.17, 15) is 9.59 Å². The van der Waals surface area contributed by atoms with Crippen LogP contribution in [0.5, 0.6) is 5.75 Å². The van der Waals surface area contributed by atoms with Gasteiger partial charge in [0, 0.05) is 21.5 Å². The first kappa shape index (κ1) is 16.8.